The lowest BCUT2D eigenvalue weighted by Crippen LogP contribution is -2.15. The second-order valence-electron chi connectivity index (χ2n) is 6.51. The summed E-state index contributed by atoms with van der Waals surface area (Å²) in [5.74, 6) is 0.485. The molecule has 33 heavy (non-hydrogen) atoms. The third-order valence-corrected chi connectivity index (χ3v) is 5.66. The van der Waals surface area contributed by atoms with Gasteiger partial charge in [0.2, 0.25) is 11.8 Å². The van der Waals surface area contributed by atoms with Crippen LogP contribution in [0.2, 0.25) is 0 Å². The lowest BCUT2D eigenvalue weighted by atomic mass is 10.2. The van der Waals surface area contributed by atoms with Crippen LogP contribution in [0.1, 0.15) is 5.56 Å². The molecule has 2 aromatic carbocycles. The summed E-state index contributed by atoms with van der Waals surface area (Å²) < 4.78 is 42.7. The second-order valence-corrected chi connectivity index (χ2v) is 8.19. The van der Waals surface area contributed by atoms with Gasteiger partial charge in [-0.1, -0.05) is 12.1 Å². The molecule has 172 valence electrons. The molecule has 1 amide bonds. The Labute approximate surface area is 191 Å². The summed E-state index contributed by atoms with van der Waals surface area (Å²) in [6.07, 6.45) is 3.03. The highest BCUT2D eigenvalue weighted by molar-refractivity contribution is 7.92. The van der Waals surface area contributed by atoms with E-state index in [0.717, 1.165) is 11.3 Å². The first-order valence-electron chi connectivity index (χ1n) is 9.56. The van der Waals surface area contributed by atoms with E-state index in [1.165, 1.54) is 50.6 Å². The van der Waals surface area contributed by atoms with Crippen LogP contribution in [0.4, 0.5) is 11.5 Å². The summed E-state index contributed by atoms with van der Waals surface area (Å²) in [5.41, 5.74) is 1.26. The summed E-state index contributed by atoms with van der Waals surface area (Å²) >= 11 is 0. The molecule has 0 aliphatic rings. The molecule has 0 saturated carbocycles. The minimum Gasteiger partial charge on any atom is -0.497 e. The predicted molar refractivity (Wildman–Crippen MR) is 123 cm³/mol. The van der Waals surface area contributed by atoms with Gasteiger partial charge in [-0.3, -0.25) is 9.52 Å². The molecule has 0 aliphatic heterocycles. The lowest BCUT2D eigenvalue weighted by Gasteiger charge is -2.10. The number of amides is 1. The molecule has 0 fully saturated rings. The van der Waals surface area contributed by atoms with Crippen molar-refractivity contribution in [2.24, 2.45) is 0 Å². The van der Waals surface area contributed by atoms with Gasteiger partial charge < -0.3 is 19.5 Å². The summed E-state index contributed by atoms with van der Waals surface area (Å²) in [4.78, 5) is 20.0. The Balaban J connectivity index is 1.66. The van der Waals surface area contributed by atoms with Crippen LogP contribution in [0.3, 0.4) is 0 Å². The maximum atomic E-state index is 12.7. The number of carbonyl (C=O) groups excluding carboxylic acids is 1. The summed E-state index contributed by atoms with van der Waals surface area (Å²) in [7, 11) is 0.371. The molecule has 0 spiro atoms. The Bertz CT molecular complexity index is 1220. The van der Waals surface area contributed by atoms with Gasteiger partial charge in [0.05, 0.1) is 26.2 Å². The van der Waals surface area contributed by atoms with Crippen LogP contribution < -0.4 is 24.2 Å². The van der Waals surface area contributed by atoms with Crippen molar-refractivity contribution in [1.82, 2.24) is 9.97 Å². The van der Waals surface area contributed by atoms with Gasteiger partial charge in [0.25, 0.3) is 10.0 Å². The molecule has 3 aromatic rings. The predicted octanol–water partition coefficient (Wildman–Crippen LogP) is 2.96. The molecular weight excluding hydrogens is 448 g/mol. The largest absolute Gasteiger partial charge is 0.497 e. The fourth-order valence-electron chi connectivity index (χ4n) is 2.64. The number of ether oxygens (including phenoxy) is 3. The number of benzene rings is 2. The Morgan fingerprint density at radius 3 is 2.21 bits per heavy atom. The molecule has 1 heterocycles. The number of nitrogens with zero attached hydrogens (tertiary/aromatic N) is 2. The number of rotatable bonds is 9. The van der Waals surface area contributed by atoms with E-state index in [2.05, 4.69) is 20.0 Å². The topological polar surface area (TPSA) is 129 Å². The molecule has 0 bridgehead atoms. The van der Waals surface area contributed by atoms with Crippen LogP contribution in [0.5, 0.6) is 17.6 Å². The van der Waals surface area contributed by atoms with E-state index >= 15 is 0 Å². The van der Waals surface area contributed by atoms with Crippen molar-refractivity contribution in [2.45, 2.75) is 4.90 Å². The van der Waals surface area contributed by atoms with Crippen LogP contribution >= 0.6 is 0 Å². The number of sulfonamides is 1. The highest BCUT2D eigenvalue weighted by atomic mass is 32.2. The fourth-order valence-corrected chi connectivity index (χ4v) is 3.63. The standard InChI is InChI=1S/C22H22N4O6S/c1-30-17-9-4-15(5-10-17)6-13-20(27)23-16-7-11-18(12-8-16)33(28,29)26-19-14-21(31-2)25-22(24-19)32-3/h4-14H,1-3H3,(H,23,27)(H,24,25,26). The van der Waals surface area contributed by atoms with Gasteiger partial charge in [0, 0.05) is 17.8 Å². The molecular formula is C22H22N4O6S. The highest BCUT2D eigenvalue weighted by Crippen LogP contribution is 2.21. The molecule has 0 atom stereocenters. The average molecular weight is 471 g/mol. The Morgan fingerprint density at radius 2 is 1.61 bits per heavy atom. The normalized spacial score (nSPS) is 11.1. The van der Waals surface area contributed by atoms with Crippen molar-refractivity contribution in [3.05, 3.63) is 66.2 Å². The first-order valence-corrected chi connectivity index (χ1v) is 11.0. The number of nitrogens with one attached hydrogen (secondary N) is 2. The average Bonchev–Trinajstić information content (AvgIpc) is 2.82. The number of carbonyl (C=O) groups is 1. The van der Waals surface area contributed by atoms with Gasteiger partial charge in [0.15, 0.2) is 5.82 Å². The van der Waals surface area contributed by atoms with E-state index in [0.29, 0.717) is 5.69 Å². The third kappa shape index (κ3) is 6.43. The molecule has 3 rings (SSSR count). The summed E-state index contributed by atoms with van der Waals surface area (Å²) in [6, 6.07) is 14.2. The zero-order chi connectivity index (χ0) is 23.8. The number of aromatic nitrogens is 2. The van der Waals surface area contributed by atoms with Crippen LogP contribution in [0.25, 0.3) is 6.08 Å². The minimum atomic E-state index is -3.95. The van der Waals surface area contributed by atoms with Crippen molar-refractivity contribution in [1.29, 1.82) is 0 Å². The van der Waals surface area contributed by atoms with Gasteiger partial charge in [-0.25, -0.2) is 8.42 Å². The van der Waals surface area contributed by atoms with Crippen LogP contribution in [-0.4, -0.2) is 45.6 Å². The third-order valence-electron chi connectivity index (χ3n) is 4.29. The highest BCUT2D eigenvalue weighted by Gasteiger charge is 2.17. The summed E-state index contributed by atoms with van der Waals surface area (Å²) in [6.45, 7) is 0. The lowest BCUT2D eigenvalue weighted by molar-refractivity contribution is -0.111. The smallest absolute Gasteiger partial charge is 0.321 e. The van der Waals surface area contributed by atoms with Gasteiger partial charge in [-0.15, -0.1) is 0 Å². The van der Waals surface area contributed by atoms with Crippen molar-refractivity contribution in [3.8, 4) is 17.6 Å². The summed E-state index contributed by atoms with van der Waals surface area (Å²) in [5, 5.41) is 2.67. The maximum absolute atomic E-state index is 12.7. The molecule has 0 aliphatic carbocycles. The quantitative estimate of drug-likeness (QED) is 0.457. The fraction of sp³-hybridized carbons (Fsp3) is 0.136. The Kier molecular flexibility index (Phi) is 7.46. The monoisotopic (exact) mass is 470 g/mol. The van der Waals surface area contributed by atoms with Crippen molar-refractivity contribution < 1.29 is 27.4 Å². The Hall–Kier alpha value is -4.12. The minimum absolute atomic E-state index is 0.0141. The molecule has 0 radical (unpaired) electrons. The maximum Gasteiger partial charge on any atom is 0.321 e. The van der Waals surface area contributed by atoms with E-state index in [4.69, 9.17) is 14.2 Å². The first kappa shape index (κ1) is 23.5. The number of methoxy groups -OCH3 is 3. The van der Waals surface area contributed by atoms with Crippen molar-refractivity contribution in [3.63, 3.8) is 0 Å². The SMILES string of the molecule is COc1ccc(C=CC(=O)Nc2ccc(S(=O)(=O)Nc3cc(OC)nc(OC)n3)cc2)cc1. The second kappa shape index (κ2) is 10.5. The molecule has 0 unspecified atom stereocenters. The van der Waals surface area contributed by atoms with Gasteiger partial charge >= 0.3 is 6.01 Å². The van der Waals surface area contributed by atoms with E-state index in [9.17, 15) is 13.2 Å². The molecule has 11 heteroatoms. The molecule has 10 nitrogen and oxygen atoms in total. The number of hydrogen-bond donors (Lipinski definition) is 2. The van der Waals surface area contributed by atoms with Crippen molar-refractivity contribution >= 4 is 33.5 Å². The van der Waals surface area contributed by atoms with Crippen LogP contribution in [-0.2, 0) is 14.8 Å². The van der Waals surface area contributed by atoms with Crippen LogP contribution in [0, 0.1) is 0 Å². The van der Waals surface area contributed by atoms with E-state index in [1.807, 2.05) is 12.1 Å². The Morgan fingerprint density at radius 1 is 0.909 bits per heavy atom. The van der Waals surface area contributed by atoms with E-state index < -0.39 is 10.0 Å². The van der Waals surface area contributed by atoms with Crippen molar-refractivity contribution in [2.75, 3.05) is 31.4 Å². The molecule has 0 saturated heterocycles. The first-order chi connectivity index (χ1) is 15.8. The van der Waals surface area contributed by atoms with Gasteiger partial charge in [0.1, 0.15) is 5.75 Å². The zero-order valence-corrected chi connectivity index (χ0v) is 18.9. The van der Waals surface area contributed by atoms with Gasteiger partial charge in [-0.05, 0) is 48.0 Å². The number of anilines is 2. The van der Waals surface area contributed by atoms with Gasteiger partial charge in [-0.2, -0.15) is 9.97 Å². The zero-order valence-electron chi connectivity index (χ0n) is 18.1. The molecule has 2 N–H and O–H groups in total. The van der Waals surface area contributed by atoms with E-state index in [1.54, 1.807) is 25.3 Å². The number of hydrogen-bond acceptors (Lipinski definition) is 8. The van der Waals surface area contributed by atoms with Crippen LogP contribution in [0.15, 0.2) is 65.6 Å². The molecule has 1 aromatic heterocycles. The van der Waals surface area contributed by atoms with E-state index in [-0.39, 0.29) is 28.5 Å².